The molecule has 0 radical (unpaired) electrons. The van der Waals surface area contributed by atoms with Crippen molar-refractivity contribution in [1.82, 2.24) is 0 Å². The maximum Gasteiger partial charge on any atom is 0.139 e. The van der Waals surface area contributed by atoms with Gasteiger partial charge in [0.2, 0.25) is 0 Å². The van der Waals surface area contributed by atoms with E-state index in [9.17, 15) is 15.0 Å². The Kier molecular flexibility index (Phi) is 11.9. The number of hydrogen-bond acceptors (Lipinski definition) is 4. The van der Waals surface area contributed by atoms with Crippen LogP contribution in [0, 0.1) is 28.6 Å². The molecule has 0 amide bonds. The lowest BCUT2D eigenvalue weighted by atomic mass is 9.61. The van der Waals surface area contributed by atoms with Crippen molar-refractivity contribution in [1.29, 1.82) is 0 Å². The minimum atomic E-state index is -0.634. The van der Waals surface area contributed by atoms with Crippen LogP contribution in [0.5, 0.6) is 0 Å². The first-order valence-corrected chi connectivity index (χ1v) is 17.3. The molecule has 4 saturated carbocycles. The van der Waals surface area contributed by atoms with Crippen molar-refractivity contribution >= 4 is 5.78 Å². The Labute approximate surface area is 256 Å². The molecule has 0 saturated heterocycles. The summed E-state index contributed by atoms with van der Waals surface area (Å²) in [4.78, 5) is 13.0. The lowest BCUT2D eigenvalue weighted by molar-refractivity contribution is -0.124. The Hall–Kier alpha value is -1.49. The van der Waals surface area contributed by atoms with Gasteiger partial charge in [-0.1, -0.05) is 82.9 Å². The van der Waals surface area contributed by atoms with E-state index in [-0.39, 0.29) is 11.5 Å². The highest BCUT2D eigenvalue weighted by Gasteiger charge is 2.50. The second kappa shape index (κ2) is 15.0. The summed E-state index contributed by atoms with van der Waals surface area (Å²) >= 11 is 0. The first kappa shape index (κ1) is 33.4. The maximum absolute atomic E-state index is 13.0. The number of carbonyl (C=O) groups excluding carboxylic acids is 1. The third-order valence-electron chi connectivity index (χ3n) is 11.7. The summed E-state index contributed by atoms with van der Waals surface area (Å²) < 4.78 is 5.90. The first-order valence-electron chi connectivity index (χ1n) is 17.3. The van der Waals surface area contributed by atoms with Crippen LogP contribution in [0.1, 0.15) is 130 Å². The van der Waals surface area contributed by atoms with Crippen molar-refractivity contribution in [3.05, 3.63) is 47.6 Å². The lowest BCUT2D eigenvalue weighted by Gasteiger charge is -2.44. The van der Waals surface area contributed by atoms with Crippen molar-refractivity contribution in [3.63, 3.8) is 0 Å². The molecule has 0 unspecified atom stereocenters. The smallest absolute Gasteiger partial charge is 0.139 e. The van der Waals surface area contributed by atoms with E-state index in [1.807, 2.05) is 7.11 Å². The van der Waals surface area contributed by atoms with Crippen LogP contribution in [0.15, 0.2) is 47.6 Å². The van der Waals surface area contributed by atoms with Crippen molar-refractivity contribution in [3.8, 4) is 0 Å². The summed E-state index contributed by atoms with van der Waals surface area (Å²) in [5.41, 5.74) is 3.55. The van der Waals surface area contributed by atoms with Crippen LogP contribution >= 0.6 is 0 Å². The molecule has 0 aliphatic heterocycles. The number of hydrogen-bond donors (Lipinski definition) is 2. The van der Waals surface area contributed by atoms with E-state index < -0.39 is 12.2 Å². The van der Waals surface area contributed by atoms with Gasteiger partial charge in [-0.3, -0.25) is 4.79 Å². The molecule has 0 heterocycles. The zero-order valence-electron chi connectivity index (χ0n) is 27.2. The molecular formula is C38H60O4. The van der Waals surface area contributed by atoms with E-state index in [4.69, 9.17) is 4.74 Å². The molecule has 0 bridgehead atoms. The predicted octanol–water partition coefficient (Wildman–Crippen LogP) is 8.82. The van der Waals surface area contributed by atoms with Crippen molar-refractivity contribution in [2.45, 2.75) is 148 Å². The van der Waals surface area contributed by atoms with Gasteiger partial charge in [-0.05, 0) is 105 Å². The monoisotopic (exact) mass is 580 g/mol. The van der Waals surface area contributed by atoms with Gasteiger partial charge in [0, 0.05) is 25.4 Å². The van der Waals surface area contributed by atoms with E-state index in [1.54, 1.807) is 0 Å². The molecule has 0 aromatic carbocycles. The third kappa shape index (κ3) is 7.96. The van der Waals surface area contributed by atoms with E-state index in [0.29, 0.717) is 41.8 Å². The highest BCUT2D eigenvalue weighted by Crippen LogP contribution is 2.59. The Morgan fingerprint density at radius 3 is 2.57 bits per heavy atom. The molecule has 4 heteroatoms. The molecule has 4 aliphatic rings. The van der Waals surface area contributed by atoms with Gasteiger partial charge in [0.15, 0.2) is 0 Å². The third-order valence-corrected chi connectivity index (χ3v) is 11.7. The molecule has 4 rings (SSSR count). The number of unbranched alkanes of at least 4 members (excludes halogenated alkanes) is 4. The number of Topliss-reactive ketones (excluding diaryl/α,β-unsaturated/α-hetero) is 1. The summed E-state index contributed by atoms with van der Waals surface area (Å²) in [6, 6.07) is 0. The molecule has 4 nitrogen and oxygen atoms in total. The number of rotatable bonds is 15. The fourth-order valence-corrected chi connectivity index (χ4v) is 8.73. The fraction of sp³-hybridized carbons (Fsp3) is 0.763. The predicted molar refractivity (Wildman–Crippen MR) is 173 cm³/mol. The van der Waals surface area contributed by atoms with Gasteiger partial charge >= 0.3 is 0 Å². The molecule has 0 aromatic rings. The molecule has 4 fully saturated rings. The molecule has 236 valence electrons. The quantitative estimate of drug-likeness (QED) is 0.150. The molecule has 0 spiro atoms. The van der Waals surface area contributed by atoms with Gasteiger partial charge in [0.1, 0.15) is 5.78 Å². The summed E-state index contributed by atoms with van der Waals surface area (Å²) in [6.45, 7) is 11.2. The highest BCUT2D eigenvalue weighted by atomic mass is 16.5. The number of fused-ring (bicyclic) bond motifs is 1. The van der Waals surface area contributed by atoms with Crippen molar-refractivity contribution < 1.29 is 19.7 Å². The average Bonchev–Trinajstić information content (AvgIpc) is 3.68. The van der Waals surface area contributed by atoms with Crippen molar-refractivity contribution in [2.24, 2.45) is 28.6 Å². The Bertz CT molecular complexity index is 1020. The normalized spacial score (nSPS) is 34.2. The standard InChI is InChI=1S/C38H60O4/c1-6-7-8-9-10-13-36(41)38(23-24-38)22-20-32(42-5)17-14-27(2)33-18-19-34-29(12-11-21-37(33,34)4)15-16-30-25-31(39)26-35(40)28(30)3/h14-17,27,31-35,39-40H,3,6-13,18-26H2,1-2,4-5H3/b17-14+,29-15+,30-16-/t27-,31-,32+,33-,34+,35+,37-/m1/s1. The minimum Gasteiger partial charge on any atom is -0.393 e. The van der Waals surface area contributed by atoms with Crippen molar-refractivity contribution in [2.75, 3.05) is 7.11 Å². The van der Waals surface area contributed by atoms with Gasteiger partial charge in [-0.15, -0.1) is 0 Å². The highest BCUT2D eigenvalue weighted by molar-refractivity contribution is 5.87. The zero-order valence-corrected chi connectivity index (χ0v) is 27.2. The number of carbonyl (C=O) groups is 1. The second-order valence-electron chi connectivity index (χ2n) is 14.6. The van der Waals surface area contributed by atoms with Crippen LogP contribution in [-0.2, 0) is 9.53 Å². The molecule has 2 N–H and O–H groups in total. The number of allylic oxidation sites excluding steroid dienone is 4. The van der Waals surface area contributed by atoms with Gasteiger partial charge < -0.3 is 14.9 Å². The van der Waals surface area contributed by atoms with Crippen LogP contribution in [0.4, 0.5) is 0 Å². The minimum absolute atomic E-state index is 0.0482. The number of ketones is 1. The fourth-order valence-electron chi connectivity index (χ4n) is 8.73. The SMILES string of the molecule is C=C1/C(=C\C=C2/CCC[C@]3(C)[C@@H]([C@H](C)/C=C/[C@@H](CCC4(C(=O)CCCCCCC)CC4)OC)CC[C@@H]23)C[C@@H](O)C[C@@H]1O. The average molecular weight is 581 g/mol. The summed E-state index contributed by atoms with van der Waals surface area (Å²) in [5.74, 6) is 2.23. The van der Waals surface area contributed by atoms with E-state index in [2.05, 4.69) is 51.7 Å². The molecule has 4 aliphatic carbocycles. The number of aliphatic hydroxyl groups excluding tert-OH is 2. The molecule has 7 atom stereocenters. The lowest BCUT2D eigenvalue weighted by Crippen LogP contribution is -2.35. The van der Waals surface area contributed by atoms with E-state index >= 15 is 0 Å². The van der Waals surface area contributed by atoms with Gasteiger partial charge in [-0.2, -0.15) is 0 Å². The summed E-state index contributed by atoms with van der Waals surface area (Å²) in [6.07, 6.45) is 26.0. The summed E-state index contributed by atoms with van der Waals surface area (Å²) in [5, 5.41) is 20.4. The largest absolute Gasteiger partial charge is 0.393 e. The van der Waals surface area contributed by atoms with Crippen LogP contribution in [-0.4, -0.2) is 41.4 Å². The zero-order chi connectivity index (χ0) is 30.3. The van der Waals surface area contributed by atoms with Gasteiger partial charge in [0.25, 0.3) is 0 Å². The van der Waals surface area contributed by atoms with Gasteiger partial charge in [-0.25, -0.2) is 0 Å². The second-order valence-corrected chi connectivity index (χ2v) is 14.6. The van der Waals surface area contributed by atoms with Gasteiger partial charge in [0.05, 0.1) is 18.3 Å². The molecular weight excluding hydrogens is 520 g/mol. The topological polar surface area (TPSA) is 66.8 Å². The number of ether oxygens (including phenoxy) is 1. The van der Waals surface area contributed by atoms with E-state index in [0.717, 1.165) is 56.1 Å². The van der Waals surface area contributed by atoms with Crippen LogP contribution in [0.2, 0.25) is 0 Å². The number of methoxy groups -OCH3 is 1. The molecule has 0 aromatic heterocycles. The Balaban J connectivity index is 1.32. The Morgan fingerprint density at radius 1 is 1.10 bits per heavy atom. The molecule has 42 heavy (non-hydrogen) atoms. The van der Waals surface area contributed by atoms with Crippen LogP contribution in [0.25, 0.3) is 0 Å². The first-order chi connectivity index (χ1) is 20.1. The van der Waals surface area contributed by atoms with E-state index in [1.165, 1.54) is 56.9 Å². The summed E-state index contributed by atoms with van der Waals surface area (Å²) in [7, 11) is 1.81. The Morgan fingerprint density at radius 2 is 1.86 bits per heavy atom. The van der Waals surface area contributed by atoms with Crippen LogP contribution < -0.4 is 0 Å². The maximum atomic E-state index is 13.0. The van der Waals surface area contributed by atoms with Crippen LogP contribution in [0.3, 0.4) is 0 Å². The number of aliphatic hydroxyl groups is 2.